The van der Waals surface area contributed by atoms with E-state index in [1.165, 1.54) is 0 Å². The van der Waals surface area contributed by atoms with Crippen molar-refractivity contribution in [2.75, 3.05) is 13.2 Å². The van der Waals surface area contributed by atoms with Crippen LogP contribution in [0.2, 0.25) is 0 Å². The van der Waals surface area contributed by atoms with Gasteiger partial charge in [-0.15, -0.1) is 0 Å². The van der Waals surface area contributed by atoms with Crippen LogP contribution in [0.25, 0.3) is 0 Å². The molecule has 4 nitrogen and oxygen atoms in total. The first-order valence-corrected chi connectivity index (χ1v) is 5.27. The number of hydrogen-bond acceptors (Lipinski definition) is 4. The summed E-state index contributed by atoms with van der Waals surface area (Å²) in [5.41, 5.74) is 6.14. The molecule has 0 aliphatic carbocycles. The second-order valence-electron chi connectivity index (χ2n) is 3.71. The summed E-state index contributed by atoms with van der Waals surface area (Å²) in [5.74, 6) is 7.18. The fraction of sp³-hybridized carbons (Fsp3) is 0.500. The highest BCUT2D eigenvalue weighted by Gasteiger charge is 2.06. The molecule has 0 saturated heterocycles. The van der Waals surface area contributed by atoms with E-state index in [1.807, 2.05) is 20.8 Å². The van der Waals surface area contributed by atoms with Crippen LogP contribution in [0.3, 0.4) is 0 Å². The van der Waals surface area contributed by atoms with Gasteiger partial charge in [-0.3, -0.25) is 0 Å². The second-order valence-corrected chi connectivity index (χ2v) is 3.71. The number of aryl methyl sites for hydroxylation is 1. The van der Waals surface area contributed by atoms with Crippen molar-refractivity contribution in [3.63, 3.8) is 0 Å². The number of hydrogen-bond donors (Lipinski definition) is 1. The Morgan fingerprint density at radius 3 is 2.75 bits per heavy atom. The van der Waals surface area contributed by atoms with Crippen molar-refractivity contribution in [1.82, 2.24) is 9.97 Å². The van der Waals surface area contributed by atoms with Crippen molar-refractivity contribution < 1.29 is 4.74 Å². The highest BCUT2D eigenvalue weighted by molar-refractivity contribution is 5.17. The predicted octanol–water partition coefficient (Wildman–Crippen LogP) is 1.25. The number of rotatable bonds is 3. The van der Waals surface area contributed by atoms with Gasteiger partial charge in [-0.2, -0.15) is 4.98 Å². The molecular weight excluding hydrogens is 202 g/mol. The first kappa shape index (κ1) is 12.5. The quantitative estimate of drug-likeness (QED) is 0.777. The van der Waals surface area contributed by atoms with E-state index in [1.54, 1.807) is 6.07 Å². The summed E-state index contributed by atoms with van der Waals surface area (Å²) in [6.45, 7) is 6.68. The maximum absolute atomic E-state index is 5.40. The van der Waals surface area contributed by atoms with Gasteiger partial charge in [-0.1, -0.05) is 25.7 Å². The van der Waals surface area contributed by atoms with Crippen molar-refractivity contribution in [2.24, 2.45) is 5.73 Å². The van der Waals surface area contributed by atoms with Crippen molar-refractivity contribution in [3.8, 4) is 17.7 Å². The van der Waals surface area contributed by atoms with Gasteiger partial charge in [0, 0.05) is 17.7 Å². The lowest BCUT2D eigenvalue weighted by molar-refractivity contribution is 0.351. The maximum Gasteiger partial charge on any atom is 0.217 e. The lowest BCUT2D eigenvalue weighted by atomic mass is 10.2. The molecule has 1 aromatic heterocycles. The molecule has 1 aromatic rings. The largest absolute Gasteiger partial charge is 0.464 e. The Kier molecular flexibility index (Phi) is 4.74. The number of ether oxygens (including phenoxy) is 1. The van der Waals surface area contributed by atoms with Gasteiger partial charge in [0.15, 0.2) is 6.61 Å². The molecule has 0 aromatic carbocycles. The Hall–Kier alpha value is -1.60. The lowest BCUT2D eigenvalue weighted by Crippen LogP contribution is -2.04. The van der Waals surface area contributed by atoms with Crippen molar-refractivity contribution in [3.05, 3.63) is 17.6 Å². The molecule has 86 valence electrons. The van der Waals surface area contributed by atoms with Crippen LogP contribution in [0, 0.1) is 18.8 Å². The van der Waals surface area contributed by atoms with Crippen LogP contribution in [0.15, 0.2) is 6.07 Å². The zero-order valence-corrected chi connectivity index (χ0v) is 9.95. The summed E-state index contributed by atoms with van der Waals surface area (Å²) in [7, 11) is 0. The first-order valence-electron chi connectivity index (χ1n) is 5.27. The fourth-order valence-electron chi connectivity index (χ4n) is 1.13. The molecule has 16 heavy (non-hydrogen) atoms. The topological polar surface area (TPSA) is 61.0 Å². The highest BCUT2D eigenvalue weighted by atomic mass is 16.5. The minimum Gasteiger partial charge on any atom is -0.464 e. The second kappa shape index (κ2) is 6.09. The minimum absolute atomic E-state index is 0.289. The maximum atomic E-state index is 5.40. The first-order chi connectivity index (χ1) is 7.63. The molecule has 0 amide bonds. The summed E-state index contributed by atoms with van der Waals surface area (Å²) >= 11 is 0. The highest BCUT2D eigenvalue weighted by Crippen LogP contribution is 2.14. The molecule has 0 fully saturated rings. The Morgan fingerprint density at radius 1 is 1.38 bits per heavy atom. The predicted molar refractivity (Wildman–Crippen MR) is 63.2 cm³/mol. The van der Waals surface area contributed by atoms with Gasteiger partial charge in [-0.25, -0.2) is 4.98 Å². The zero-order valence-electron chi connectivity index (χ0n) is 9.95. The van der Waals surface area contributed by atoms with Crippen LogP contribution >= 0.6 is 0 Å². The smallest absolute Gasteiger partial charge is 0.217 e. The normalized spacial score (nSPS) is 9.81. The standard InChI is InChI=1S/C12H17N3O/c1-9(2)12-14-10(3)8-11(15-12)16-7-5-4-6-13/h8-9H,6-7,13H2,1-3H3. The van der Waals surface area contributed by atoms with E-state index in [0.717, 1.165) is 11.5 Å². The summed E-state index contributed by atoms with van der Waals surface area (Å²) in [4.78, 5) is 8.63. The Labute approximate surface area is 96.2 Å². The summed E-state index contributed by atoms with van der Waals surface area (Å²) in [6.07, 6.45) is 0. The van der Waals surface area contributed by atoms with Gasteiger partial charge in [-0.05, 0) is 6.92 Å². The van der Waals surface area contributed by atoms with Gasteiger partial charge in [0.1, 0.15) is 5.82 Å². The van der Waals surface area contributed by atoms with E-state index in [9.17, 15) is 0 Å². The molecule has 0 unspecified atom stereocenters. The molecule has 0 aliphatic heterocycles. The number of aromatic nitrogens is 2. The average molecular weight is 219 g/mol. The van der Waals surface area contributed by atoms with E-state index in [2.05, 4.69) is 21.8 Å². The SMILES string of the molecule is Cc1cc(OCC#CCN)nc(C(C)C)n1. The molecule has 0 spiro atoms. The third-order valence-electron chi connectivity index (χ3n) is 1.88. The van der Waals surface area contributed by atoms with Crippen molar-refractivity contribution >= 4 is 0 Å². The van der Waals surface area contributed by atoms with E-state index < -0.39 is 0 Å². The summed E-state index contributed by atoms with van der Waals surface area (Å²) in [6, 6.07) is 1.80. The van der Waals surface area contributed by atoms with Crippen LogP contribution in [-0.2, 0) is 0 Å². The third-order valence-corrected chi connectivity index (χ3v) is 1.88. The molecule has 0 saturated carbocycles. The van der Waals surface area contributed by atoms with Crippen LogP contribution in [-0.4, -0.2) is 23.1 Å². The minimum atomic E-state index is 0.289. The van der Waals surface area contributed by atoms with E-state index >= 15 is 0 Å². The Balaban J connectivity index is 2.72. The molecule has 4 heteroatoms. The molecule has 1 heterocycles. The molecule has 0 radical (unpaired) electrons. The van der Waals surface area contributed by atoms with Crippen LogP contribution in [0.5, 0.6) is 5.88 Å². The molecule has 1 rings (SSSR count). The molecule has 2 N–H and O–H groups in total. The molecule has 0 aliphatic rings. The molecule has 0 bridgehead atoms. The van der Waals surface area contributed by atoms with E-state index in [-0.39, 0.29) is 5.92 Å². The third kappa shape index (κ3) is 3.87. The Bertz CT molecular complexity index is 404. The van der Waals surface area contributed by atoms with Gasteiger partial charge in [0.25, 0.3) is 0 Å². The van der Waals surface area contributed by atoms with E-state index in [0.29, 0.717) is 19.0 Å². The summed E-state index contributed by atoms with van der Waals surface area (Å²) < 4.78 is 5.40. The monoisotopic (exact) mass is 219 g/mol. The van der Waals surface area contributed by atoms with Gasteiger partial charge >= 0.3 is 0 Å². The zero-order chi connectivity index (χ0) is 12.0. The van der Waals surface area contributed by atoms with Crippen LogP contribution in [0.4, 0.5) is 0 Å². The molecular formula is C12H17N3O. The lowest BCUT2D eigenvalue weighted by Gasteiger charge is -2.07. The fourth-order valence-corrected chi connectivity index (χ4v) is 1.13. The van der Waals surface area contributed by atoms with Crippen LogP contribution < -0.4 is 10.5 Å². The van der Waals surface area contributed by atoms with Crippen molar-refractivity contribution in [2.45, 2.75) is 26.7 Å². The van der Waals surface area contributed by atoms with Gasteiger partial charge < -0.3 is 10.5 Å². The summed E-state index contributed by atoms with van der Waals surface area (Å²) in [5, 5.41) is 0. The van der Waals surface area contributed by atoms with Gasteiger partial charge in [0.2, 0.25) is 5.88 Å². The van der Waals surface area contributed by atoms with Gasteiger partial charge in [0.05, 0.1) is 6.54 Å². The molecule has 0 atom stereocenters. The van der Waals surface area contributed by atoms with E-state index in [4.69, 9.17) is 10.5 Å². The number of nitrogens with zero attached hydrogens (tertiary/aromatic N) is 2. The Morgan fingerprint density at radius 2 is 2.12 bits per heavy atom. The van der Waals surface area contributed by atoms with Crippen LogP contribution in [0.1, 0.15) is 31.3 Å². The number of nitrogens with two attached hydrogens (primary N) is 1. The van der Waals surface area contributed by atoms with Crippen molar-refractivity contribution in [1.29, 1.82) is 0 Å². The average Bonchev–Trinajstić information content (AvgIpc) is 2.23.